The van der Waals surface area contributed by atoms with Crippen molar-refractivity contribution < 1.29 is 81.8 Å². The second-order valence-electron chi connectivity index (χ2n) is 25.5. The molecule has 2 unspecified atom stereocenters. The summed E-state index contributed by atoms with van der Waals surface area (Å²) in [6.45, 7) is 18.7. The van der Waals surface area contributed by atoms with Gasteiger partial charge in [-0.3, -0.25) is 38.5 Å². The number of nitrogens with one attached hydrogen (secondary N) is 2. The highest BCUT2D eigenvalue weighted by atomic mass is 33.1. The van der Waals surface area contributed by atoms with Crippen LogP contribution in [0.4, 0.5) is 25.8 Å². The molecule has 25 nitrogen and oxygen atoms in total. The fourth-order valence-electron chi connectivity index (χ4n) is 12.3. The van der Waals surface area contributed by atoms with E-state index in [-0.39, 0.29) is 148 Å². The number of unbranched alkanes of at least 4 members (excludes halogenated alkanes) is 4. The molecule has 5 heterocycles. The number of aryl methyl sites for hydroxylation is 1. The van der Waals surface area contributed by atoms with Crippen LogP contribution in [-0.2, 0) is 46.5 Å². The molecule has 524 valence electrons. The number of imide groups is 1. The molecule has 3 aromatic carbocycles. The van der Waals surface area contributed by atoms with E-state index in [2.05, 4.69) is 37.6 Å². The van der Waals surface area contributed by atoms with Crippen LogP contribution in [0.25, 0.3) is 0 Å². The molecule has 27 heteroatoms. The first kappa shape index (κ1) is 74.4. The molecule has 0 spiro atoms. The number of primary amides is 1. The molecule has 0 aliphatic carbocycles. The van der Waals surface area contributed by atoms with Crippen molar-refractivity contribution in [1.82, 2.24) is 25.3 Å². The van der Waals surface area contributed by atoms with Crippen molar-refractivity contribution in [3.8, 4) is 17.2 Å². The largest absolute Gasteiger partial charge is 0.493 e. The first-order valence-corrected chi connectivity index (χ1v) is 35.4. The maximum Gasteiger partial charge on any atom is 0.416 e. The molecule has 8 rings (SSSR count). The predicted octanol–water partition coefficient (Wildman–Crippen LogP) is 8.47. The highest BCUT2D eigenvalue weighted by Crippen LogP contribution is 2.43. The van der Waals surface area contributed by atoms with Gasteiger partial charge < -0.3 is 60.1 Å². The molecule has 6 N–H and O–H groups in total. The van der Waals surface area contributed by atoms with E-state index in [0.29, 0.717) is 90.4 Å². The monoisotopic (exact) mass is 1380 g/mol. The minimum atomic E-state index is -1.54. The number of hydrogen-bond donors (Lipinski definition) is 5. The van der Waals surface area contributed by atoms with Gasteiger partial charge in [-0.05, 0) is 99.5 Å². The molecular weight excluding hydrogens is 1290 g/mol. The topological polar surface area (TPSA) is 324 Å². The van der Waals surface area contributed by atoms with Gasteiger partial charge in [0.1, 0.15) is 24.7 Å². The lowest BCUT2D eigenvalue weighted by Gasteiger charge is -2.31. The average Bonchev–Trinajstić information content (AvgIpc) is 1.62. The average molecular weight is 1380 g/mol. The van der Waals surface area contributed by atoms with Crippen molar-refractivity contribution in [2.45, 2.75) is 161 Å². The summed E-state index contributed by atoms with van der Waals surface area (Å²) in [6, 6.07) is 9.64. The van der Waals surface area contributed by atoms with Crippen molar-refractivity contribution in [3.63, 3.8) is 0 Å². The van der Waals surface area contributed by atoms with E-state index in [0.717, 1.165) is 20.3 Å². The molecule has 2 fully saturated rings. The Labute approximate surface area is 573 Å². The van der Waals surface area contributed by atoms with Crippen molar-refractivity contribution in [1.29, 1.82) is 0 Å². The Hall–Kier alpha value is -8.40. The van der Waals surface area contributed by atoms with Crippen LogP contribution < -0.4 is 40.4 Å². The highest BCUT2D eigenvalue weighted by molar-refractivity contribution is 8.76. The lowest BCUT2D eigenvalue weighted by Crippen LogP contribution is -2.51. The number of benzene rings is 3. The summed E-state index contributed by atoms with van der Waals surface area (Å²) in [6.07, 6.45) is 2.14. The first-order chi connectivity index (χ1) is 46.3. The number of amides is 9. The Morgan fingerprint density at radius 2 is 1.27 bits per heavy atom. The summed E-state index contributed by atoms with van der Waals surface area (Å²) < 4.78 is 29.8. The van der Waals surface area contributed by atoms with Crippen LogP contribution in [-0.4, -0.2) is 179 Å². The van der Waals surface area contributed by atoms with Crippen molar-refractivity contribution in [2.75, 3.05) is 68.7 Å². The Balaban J connectivity index is 0.870. The van der Waals surface area contributed by atoms with Gasteiger partial charge in [-0.1, -0.05) is 104 Å². The van der Waals surface area contributed by atoms with Crippen LogP contribution in [0.2, 0.25) is 0 Å². The number of aliphatic hydroxyl groups is 2. The number of rotatable bonds is 34. The van der Waals surface area contributed by atoms with Gasteiger partial charge in [0.2, 0.25) is 5.91 Å². The Morgan fingerprint density at radius 1 is 0.701 bits per heavy atom. The summed E-state index contributed by atoms with van der Waals surface area (Å²) >= 11 is 0. The Morgan fingerprint density at radius 3 is 1.86 bits per heavy atom. The van der Waals surface area contributed by atoms with Gasteiger partial charge in [0.25, 0.3) is 23.6 Å². The molecular formula is C70H90N8O17S2. The number of nitrogens with two attached hydrogens (primary N) is 1. The number of ether oxygens (including phenoxy) is 5. The van der Waals surface area contributed by atoms with E-state index in [4.69, 9.17) is 29.4 Å². The Kier molecular flexibility index (Phi) is 26.6. The quantitative estimate of drug-likeness (QED) is 0.0162. The lowest BCUT2D eigenvalue weighted by molar-refractivity contribution is -0.137. The molecule has 5 aliphatic heterocycles. The zero-order chi connectivity index (χ0) is 70.2. The molecule has 9 amide bonds. The smallest absolute Gasteiger partial charge is 0.416 e. The second-order valence-corrected chi connectivity index (χ2v) is 28.6. The molecule has 0 aromatic heterocycles. The number of methoxy groups -OCH3 is 1. The first-order valence-electron chi connectivity index (χ1n) is 33.0. The number of ketones is 2. The van der Waals surface area contributed by atoms with Crippen molar-refractivity contribution in [3.05, 3.63) is 113 Å². The summed E-state index contributed by atoms with van der Waals surface area (Å²) in [4.78, 5) is 139. The summed E-state index contributed by atoms with van der Waals surface area (Å²) in [5.41, 5.74) is 8.94. The van der Waals surface area contributed by atoms with Crippen LogP contribution >= 0.6 is 21.6 Å². The van der Waals surface area contributed by atoms with Crippen LogP contribution in [0, 0.1) is 18.8 Å². The third-order valence-corrected chi connectivity index (χ3v) is 20.4. The lowest BCUT2D eigenvalue weighted by atomic mass is 9.88. The standard InChI is InChI=1S/C70H90N8O17S2/c1-41(2)49(34-48(79)16-11-9-12-25-74-61(81)22-23-62(74)82)63(83)73-52(17-15-24-72-68(71)88)57(80)33-46-18-20-47(21-19-46)40-95-70(90)78-53-36-58(45(7)32-50(53)64(84)75-38-43(5)31-56(75)67(78)87)92-26-13-10-14-27-93-60-37-54-51(35-59(60)91-8)65(85)76-39-44(6)30-55(76)66(86)77(54)69(89)94-28-29-96-97-42(3)4/h18-23,32,35-37,41-42,49,52,55-56,66-67,86-87H,5-6,9-17,24-31,33-34,38-40H2,1-4,7-8H3,(H,73,83)(H3,71,72,88)/t49-,52-,55-,56-,66?,67?/m0/s1. The second kappa shape index (κ2) is 34.7. The maximum atomic E-state index is 14.4. The van der Waals surface area contributed by atoms with Crippen LogP contribution in [0.5, 0.6) is 17.2 Å². The number of nitrogens with zero attached hydrogens (tertiary/aromatic N) is 5. The summed E-state index contributed by atoms with van der Waals surface area (Å²) in [5, 5.41) is 29.5. The maximum absolute atomic E-state index is 14.4. The van der Waals surface area contributed by atoms with E-state index < -0.39 is 72.4 Å². The third-order valence-electron chi connectivity index (χ3n) is 17.5. The van der Waals surface area contributed by atoms with Gasteiger partial charge in [0.15, 0.2) is 29.7 Å². The van der Waals surface area contributed by atoms with E-state index in [9.17, 15) is 58.2 Å². The normalized spacial score (nSPS) is 18.7. The minimum Gasteiger partial charge on any atom is -0.493 e. The summed E-state index contributed by atoms with van der Waals surface area (Å²) in [7, 11) is 4.67. The van der Waals surface area contributed by atoms with Gasteiger partial charge in [-0.25, -0.2) is 24.2 Å². The number of anilines is 2. The zero-order valence-corrected chi connectivity index (χ0v) is 57.6. The SMILES string of the molecule is C=C1C[C@H]2C(O)N(C(=O)OCCSSC(C)C)c3cc(OCCCCCOc4cc5c(cc4C)C(=O)N4CC(=C)C[C@H]4C(O)N5C(=O)OCc4ccc(CC(=O)[C@H](CCCNC(N)=O)NC(=O)[C@@H](CC(=O)CCCCCN5C(=O)C=CC5=O)C(C)C)cc4)c(OC)cc3C(=O)N2C1. The van der Waals surface area contributed by atoms with Crippen molar-refractivity contribution in [2.24, 2.45) is 17.6 Å². The highest BCUT2D eigenvalue weighted by Gasteiger charge is 2.48. The van der Waals surface area contributed by atoms with Crippen LogP contribution in [0.15, 0.2) is 85.0 Å². The van der Waals surface area contributed by atoms with E-state index in [1.807, 2.05) is 13.8 Å². The van der Waals surface area contributed by atoms with Crippen LogP contribution in [0.1, 0.15) is 142 Å². The molecule has 6 atom stereocenters. The molecule has 0 saturated carbocycles. The Bertz CT molecular complexity index is 3470. The van der Waals surface area contributed by atoms with E-state index in [1.165, 1.54) is 41.2 Å². The molecule has 0 bridgehead atoms. The number of Topliss-reactive ketones (excluding diaryl/α,β-unsaturated/α-hetero) is 2. The van der Waals surface area contributed by atoms with Gasteiger partial charge in [0, 0.05) is 86.6 Å². The van der Waals surface area contributed by atoms with Crippen LogP contribution in [0.3, 0.4) is 0 Å². The van der Waals surface area contributed by atoms with Gasteiger partial charge in [-0.2, -0.15) is 0 Å². The van der Waals surface area contributed by atoms with Crippen molar-refractivity contribution >= 4 is 92.3 Å². The minimum absolute atomic E-state index is 0.0464. The molecule has 3 aromatic rings. The number of fused-ring (bicyclic) bond motifs is 4. The number of urea groups is 1. The number of hydrogen-bond acceptors (Lipinski definition) is 19. The fraction of sp³-hybridized carbons (Fsp3) is 0.514. The van der Waals surface area contributed by atoms with Gasteiger partial charge >= 0.3 is 18.2 Å². The predicted molar refractivity (Wildman–Crippen MR) is 366 cm³/mol. The number of aliphatic hydroxyl groups excluding tert-OH is 2. The molecule has 5 aliphatic rings. The van der Waals surface area contributed by atoms with Gasteiger partial charge in [-0.15, -0.1) is 0 Å². The molecule has 97 heavy (non-hydrogen) atoms. The number of carbonyl (C=O) groups is 10. The summed E-state index contributed by atoms with van der Waals surface area (Å²) in [5.74, 6) is -2.04. The third kappa shape index (κ3) is 19.3. The zero-order valence-electron chi connectivity index (χ0n) is 56.0. The van der Waals surface area contributed by atoms with Gasteiger partial charge in [0.05, 0.1) is 61.0 Å². The van der Waals surface area contributed by atoms with E-state index >= 15 is 0 Å². The van der Waals surface area contributed by atoms with E-state index in [1.54, 1.807) is 64.9 Å². The molecule has 0 radical (unpaired) electrons. The number of carbonyl (C=O) groups excluding carboxylic acids is 10. The molecule has 2 saturated heterocycles. The fourth-order valence-corrected chi connectivity index (χ4v) is 14.2.